The van der Waals surface area contributed by atoms with Crippen LogP contribution in [0.15, 0.2) is 54.6 Å². The van der Waals surface area contributed by atoms with Crippen molar-refractivity contribution >= 4 is 33.4 Å². The highest BCUT2D eigenvalue weighted by Crippen LogP contribution is 2.30. The number of allylic oxidation sites excluding steroid dienone is 1. The summed E-state index contributed by atoms with van der Waals surface area (Å²) in [5.41, 5.74) is 3.16. The number of aromatic nitrogens is 1. The Hall–Kier alpha value is -2.26. The monoisotopic (exact) mass is 279 g/mol. The summed E-state index contributed by atoms with van der Waals surface area (Å²) >= 11 is 1.69. The van der Waals surface area contributed by atoms with Gasteiger partial charge in [0.05, 0.1) is 10.2 Å². The molecule has 0 atom stereocenters. The van der Waals surface area contributed by atoms with Gasteiger partial charge in [-0.1, -0.05) is 42.5 Å². The number of thiazole rings is 1. The molecule has 3 rings (SSSR count). The number of carbonyl (C=O) groups is 1. The van der Waals surface area contributed by atoms with E-state index in [1.807, 2.05) is 48.5 Å². The van der Waals surface area contributed by atoms with Crippen LogP contribution in [-0.2, 0) is 4.79 Å². The van der Waals surface area contributed by atoms with Crippen LogP contribution in [0.1, 0.15) is 12.5 Å². The number of rotatable bonds is 3. The van der Waals surface area contributed by atoms with E-state index in [0.717, 1.165) is 21.7 Å². The molecule has 0 bridgehead atoms. The van der Waals surface area contributed by atoms with Crippen molar-refractivity contribution in [3.05, 3.63) is 60.2 Å². The van der Waals surface area contributed by atoms with Gasteiger partial charge >= 0.3 is 0 Å². The molecule has 2 aromatic carbocycles. The largest absolute Gasteiger partial charge is 0.295 e. The van der Waals surface area contributed by atoms with Crippen molar-refractivity contribution in [1.82, 2.24) is 4.98 Å². The summed E-state index contributed by atoms with van der Waals surface area (Å²) in [5.74, 6) is 0.0558. The van der Waals surface area contributed by atoms with E-state index in [2.05, 4.69) is 11.1 Å². The standard InChI is InChI=1S/C17H13NOS/c1-12(19)6-7-13-8-10-14(11-9-13)17-18-15-4-2-3-5-16(15)20-17/h2-11H,1H3/b7-6+. The first-order chi connectivity index (χ1) is 9.72. The molecule has 3 aromatic rings. The second-order valence-corrected chi connectivity index (χ2v) is 5.58. The fourth-order valence-electron chi connectivity index (χ4n) is 1.95. The van der Waals surface area contributed by atoms with Crippen LogP contribution in [0.25, 0.3) is 26.9 Å². The van der Waals surface area contributed by atoms with E-state index in [1.54, 1.807) is 24.3 Å². The van der Waals surface area contributed by atoms with E-state index in [1.165, 1.54) is 4.70 Å². The van der Waals surface area contributed by atoms with Crippen molar-refractivity contribution in [3.8, 4) is 10.6 Å². The zero-order valence-corrected chi connectivity index (χ0v) is 11.9. The number of hydrogen-bond acceptors (Lipinski definition) is 3. The Labute approximate surface area is 121 Å². The molecular weight excluding hydrogens is 266 g/mol. The molecule has 0 spiro atoms. The van der Waals surface area contributed by atoms with Crippen molar-refractivity contribution in [1.29, 1.82) is 0 Å². The average molecular weight is 279 g/mol. The maximum Gasteiger partial charge on any atom is 0.152 e. The molecular formula is C17H13NOS. The fraction of sp³-hybridized carbons (Fsp3) is 0.0588. The topological polar surface area (TPSA) is 30.0 Å². The number of carbonyl (C=O) groups excluding carboxylic acids is 1. The molecule has 1 aromatic heterocycles. The maximum atomic E-state index is 10.9. The van der Waals surface area contributed by atoms with Crippen LogP contribution in [0.3, 0.4) is 0 Å². The van der Waals surface area contributed by atoms with Gasteiger partial charge in [-0.3, -0.25) is 4.79 Å². The van der Waals surface area contributed by atoms with Crippen LogP contribution >= 0.6 is 11.3 Å². The third kappa shape index (κ3) is 2.68. The average Bonchev–Trinajstić information content (AvgIpc) is 2.89. The molecule has 0 aliphatic carbocycles. The Balaban J connectivity index is 1.92. The Morgan fingerprint density at radius 2 is 1.85 bits per heavy atom. The molecule has 0 saturated heterocycles. The van der Waals surface area contributed by atoms with E-state index in [4.69, 9.17) is 0 Å². The summed E-state index contributed by atoms with van der Waals surface area (Å²) in [6.45, 7) is 1.55. The number of hydrogen-bond donors (Lipinski definition) is 0. The highest BCUT2D eigenvalue weighted by Gasteiger charge is 2.05. The molecule has 1 heterocycles. The Morgan fingerprint density at radius 3 is 2.55 bits per heavy atom. The van der Waals surface area contributed by atoms with Crippen molar-refractivity contribution in [3.63, 3.8) is 0 Å². The zero-order valence-electron chi connectivity index (χ0n) is 11.0. The summed E-state index contributed by atoms with van der Waals surface area (Å²) in [6, 6.07) is 16.2. The van der Waals surface area contributed by atoms with Gasteiger partial charge in [-0.15, -0.1) is 11.3 Å². The molecule has 0 aliphatic heterocycles. The van der Waals surface area contributed by atoms with Gasteiger partial charge in [0.25, 0.3) is 0 Å². The highest BCUT2D eigenvalue weighted by atomic mass is 32.1. The third-order valence-electron chi connectivity index (χ3n) is 2.96. The van der Waals surface area contributed by atoms with E-state index < -0.39 is 0 Å². The molecule has 2 nitrogen and oxygen atoms in total. The van der Waals surface area contributed by atoms with E-state index in [9.17, 15) is 4.79 Å². The van der Waals surface area contributed by atoms with Gasteiger partial charge in [0.15, 0.2) is 5.78 Å². The predicted octanol–water partition coefficient (Wildman–Crippen LogP) is 4.57. The van der Waals surface area contributed by atoms with Crippen LogP contribution in [-0.4, -0.2) is 10.8 Å². The predicted molar refractivity (Wildman–Crippen MR) is 84.8 cm³/mol. The van der Waals surface area contributed by atoms with Gasteiger partial charge in [-0.05, 0) is 30.7 Å². The van der Waals surface area contributed by atoms with Crippen molar-refractivity contribution in [2.75, 3.05) is 0 Å². The molecule has 0 amide bonds. The number of nitrogens with zero attached hydrogens (tertiary/aromatic N) is 1. The summed E-state index contributed by atoms with van der Waals surface area (Å²) in [5, 5.41) is 1.02. The SMILES string of the molecule is CC(=O)/C=C/c1ccc(-c2nc3ccccc3s2)cc1. The first-order valence-electron chi connectivity index (χ1n) is 6.37. The second-order valence-electron chi connectivity index (χ2n) is 4.55. The van der Waals surface area contributed by atoms with Crippen molar-refractivity contribution < 1.29 is 4.79 Å². The van der Waals surface area contributed by atoms with Crippen LogP contribution in [0.4, 0.5) is 0 Å². The van der Waals surface area contributed by atoms with Gasteiger partial charge in [-0.25, -0.2) is 4.98 Å². The van der Waals surface area contributed by atoms with Gasteiger partial charge in [0.2, 0.25) is 0 Å². The van der Waals surface area contributed by atoms with Crippen molar-refractivity contribution in [2.45, 2.75) is 6.92 Å². The Morgan fingerprint density at radius 1 is 1.10 bits per heavy atom. The lowest BCUT2D eigenvalue weighted by Gasteiger charge is -1.97. The summed E-state index contributed by atoms with van der Waals surface area (Å²) in [7, 11) is 0. The molecule has 20 heavy (non-hydrogen) atoms. The first-order valence-corrected chi connectivity index (χ1v) is 7.19. The summed E-state index contributed by atoms with van der Waals surface area (Å²) < 4.78 is 1.20. The van der Waals surface area contributed by atoms with E-state index in [0.29, 0.717) is 0 Å². The molecule has 0 fully saturated rings. The van der Waals surface area contributed by atoms with Crippen molar-refractivity contribution in [2.24, 2.45) is 0 Å². The quantitative estimate of drug-likeness (QED) is 0.657. The van der Waals surface area contributed by atoms with Gasteiger partial charge in [0.1, 0.15) is 5.01 Å². The van der Waals surface area contributed by atoms with Gasteiger partial charge in [0, 0.05) is 5.56 Å². The number of ketones is 1. The molecule has 98 valence electrons. The first kappa shape index (κ1) is 12.8. The Bertz CT molecular complexity index is 751. The molecule has 0 saturated carbocycles. The number of fused-ring (bicyclic) bond motifs is 1. The fourth-order valence-corrected chi connectivity index (χ4v) is 2.92. The zero-order chi connectivity index (χ0) is 13.9. The molecule has 0 N–H and O–H groups in total. The van der Waals surface area contributed by atoms with Gasteiger partial charge in [-0.2, -0.15) is 0 Å². The number of benzene rings is 2. The normalized spacial score (nSPS) is 11.2. The minimum Gasteiger partial charge on any atom is -0.295 e. The van der Waals surface area contributed by atoms with E-state index in [-0.39, 0.29) is 5.78 Å². The van der Waals surface area contributed by atoms with E-state index >= 15 is 0 Å². The maximum absolute atomic E-state index is 10.9. The summed E-state index contributed by atoms with van der Waals surface area (Å²) in [4.78, 5) is 15.5. The van der Waals surface area contributed by atoms with Crippen LogP contribution in [0, 0.1) is 0 Å². The van der Waals surface area contributed by atoms with Crippen LogP contribution in [0.2, 0.25) is 0 Å². The third-order valence-corrected chi connectivity index (χ3v) is 4.05. The molecule has 0 unspecified atom stereocenters. The van der Waals surface area contributed by atoms with Crippen LogP contribution in [0.5, 0.6) is 0 Å². The minimum atomic E-state index is 0.0558. The van der Waals surface area contributed by atoms with Gasteiger partial charge < -0.3 is 0 Å². The second kappa shape index (κ2) is 5.39. The van der Waals surface area contributed by atoms with Crippen LogP contribution < -0.4 is 0 Å². The lowest BCUT2D eigenvalue weighted by molar-refractivity contribution is -0.112. The highest BCUT2D eigenvalue weighted by molar-refractivity contribution is 7.21. The summed E-state index contributed by atoms with van der Waals surface area (Å²) in [6.07, 6.45) is 3.40. The molecule has 0 aliphatic rings. The smallest absolute Gasteiger partial charge is 0.152 e. The lowest BCUT2D eigenvalue weighted by atomic mass is 10.1. The molecule has 3 heteroatoms. The number of para-hydroxylation sites is 1. The molecule has 0 radical (unpaired) electrons. The lowest BCUT2D eigenvalue weighted by Crippen LogP contribution is -1.81. The minimum absolute atomic E-state index is 0.0558. The Kier molecular flexibility index (Phi) is 3.44.